The number of hydrogen-bond donors (Lipinski definition) is 3. The van der Waals surface area contributed by atoms with E-state index in [-0.39, 0.29) is 36.0 Å². The lowest BCUT2D eigenvalue weighted by molar-refractivity contribution is 0.137. The molecule has 1 heterocycles. The summed E-state index contributed by atoms with van der Waals surface area (Å²) in [6.45, 7) is 7.05. The fourth-order valence-corrected chi connectivity index (χ4v) is 4.96. The van der Waals surface area contributed by atoms with E-state index in [4.69, 9.17) is 9.73 Å². The molecule has 1 saturated heterocycles. The largest absolute Gasteiger partial charge is 0.495 e. The van der Waals surface area contributed by atoms with Gasteiger partial charge in [-0.1, -0.05) is 31.4 Å². The van der Waals surface area contributed by atoms with E-state index in [0.717, 1.165) is 50.9 Å². The van der Waals surface area contributed by atoms with Crippen LogP contribution in [0.25, 0.3) is 0 Å². The minimum Gasteiger partial charge on any atom is -0.495 e. The predicted molar refractivity (Wildman–Crippen MR) is 140 cm³/mol. The molecule has 2 aliphatic rings. The number of methoxy groups -OCH3 is 1. The van der Waals surface area contributed by atoms with Gasteiger partial charge in [0.05, 0.1) is 12.8 Å². The van der Waals surface area contributed by atoms with Crippen molar-refractivity contribution < 1.29 is 9.84 Å². The fourth-order valence-electron chi connectivity index (χ4n) is 4.96. The lowest BCUT2D eigenvalue weighted by atomic mass is 9.72. The Morgan fingerprint density at radius 2 is 2.00 bits per heavy atom. The Morgan fingerprint density at radius 3 is 2.71 bits per heavy atom. The number of benzene rings is 1. The molecule has 0 amide bonds. The normalized spacial score (nSPS) is 20.8. The van der Waals surface area contributed by atoms with Crippen LogP contribution in [0.5, 0.6) is 5.75 Å². The van der Waals surface area contributed by atoms with Crippen molar-refractivity contribution >= 4 is 35.6 Å². The number of hydrogen-bond acceptors (Lipinski definition) is 4. The third kappa shape index (κ3) is 7.41. The average Bonchev–Trinajstić information content (AvgIpc) is 3.25. The Morgan fingerprint density at radius 1 is 1.23 bits per heavy atom. The van der Waals surface area contributed by atoms with Gasteiger partial charge >= 0.3 is 0 Å². The molecule has 1 saturated carbocycles. The highest BCUT2D eigenvalue weighted by Crippen LogP contribution is 2.39. The van der Waals surface area contributed by atoms with Crippen LogP contribution in [0.1, 0.15) is 51.9 Å². The average molecular weight is 545 g/mol. The molecule has 2 fully saturated rings. The number of aliphatic imine (C=N–C) groups is 1. The maximum atomic E-state index is 9.56. The third-order valence-electron chi connectivity index (χ3n) is 6.74. The number of rotatable bonds is 9. The summed E-state index contributed by atoms with van der Waals surface area (Å²) in [7, 11) is 1.74. The third-order valence-corrected chi connectivity index (χ3v) is 6.74. The summed E-state index contributed by atoms with van der Waals surface area (Å²) in [6, 6.07) is 8.27. The van der Waals surface area contributed by atoms with E-state index in [1.807, 2.05) is 12.1 Å². The van der Waals surface area contributed by atoms with Crippen LogP contribution in [0.15, 0.2) is 29.3 Å². The van der Waals surface area contributed by atoms with Gasteiger partial charge in [-0.25, -0.2) is 0 Å². The molecule has 3 rings (SSSR count). The molecule has 7 heteroatoms. The van der Waals surface area contributed by atoms with Gasteiger partial charge in [-0.15, -0.1) is 24.0 Å². The molecule has 0 spiro atoms. The summed E-state index contributed by atoms with van der Waals surface area (Å²) >= 11 is 0. The van der Waals surface area contributed by atoms with E-state index in [9.17, 15) is 5.11 Å². The Bertz CT molecular complexity index is 674. The Balaban J connectivity index is 0.00000341. The van der Waals surface area contributed by atoms with Gasteiger partial charge in [-0.3, -0.25) is 4.99 Å². The highest BCUT2D eigenvalue weighted by molar-refractivity contribution is 14.0. The van der Waals surface area contributed by atoms with Gasteiger partial charge in [0, 0.05) is 39.3 Å². The van der Waals surface area contributed by atoms with Gasteiger partial charge in [0.1, 0.15) is 5.75 Å². The van der Waals surface area contributed by atoms with Gasteiger partial charge in [0.15, 0.2) is 5.96 Å². The number of ether oxygens (including phenoxy) is 1. The first-order valence-electron chi connectivity index (χ1n) is 11.7. The second-order valence-electron chi connectivity index (χ2n) is 8.88. The zero-order valence-corrected chi connectivity index (χ0v) is 21.6. The number of anilines is 1. The van der Waals surface area contributed by atoms with Gasteiger partial charge in [0.25, 0.3) is 0 Å². The molecule has 3 N–H and O–H groups in total. The van der Waals surface area contributed by atoms with E-state index < -0.39 is 0 Å². The van der Waals surface area contributed by atoms with Crippen LogP contribution in [0.2, 0.25) is 0 Å². The monoisotopic (exact) mass is 544 g/mol. The molecule has 1 atom stereocenters. The van der Waals surface area contributed by atoms with Crippen LogP contribution in [-0.2, 0) is 0 Å². The summed E-state index contributed by atoms with van der Waals surface area (Å²) in [5.74, 6) is 2.44. The number of nitrogens with one attached hydrogen (secondary N) is 2. The standard InChI is InChI=1S/C24H40N4O2.HI/c1-3-25-23(27-19-24(14-16-29)12-7-4-8-13-24)26-17-20-11-15-28(18-20)21-9-5-6-10-22(21)30-2;/h5-6,9-10,20,29H,3-4,7-8,11-19H2,1-2H3,(H2,25,26,27);1H. The van der Waals surface area contributed by atoms with Crippen LogP contribution >= 0.6 is 24.0 Å². The minimum atomic E-state index is 0. The van der Waals surface area contributed by atoms with Gasteiger partial charge in [-0.2, -0.15) is 0 Å². The quantitative estimate of drug-likeness (QED) is 0.249. The molecule has 1 aromatic carbocycles. The van der Waals surface area contributed by atoms with E-state index in [1.54, 1.807) is 7.11 Å². The van der Waals surface area contributed by atoms with Crippen molar-refractivity contribution in [3.63, 3.8) is 0 Å². The molecular weight excluding hydrogens is 503 g/mol. The molecule has 6 nitrogen and oxygen atoms in total. The highest BCUT2D eigenvalue weighted by atomic mass is 127. The summed E-state index contributed by atoms with van der Waals surface area (Å²) in [5.41, 5.74) is 1.37. The molecule has 1 aliphatic carbocycles. The zero-order valence-electron chi connectivity index (χ0n) is 19.2. The number of para-hydroxylation sites is 2. The molecule has 0 radical (unpaired) electrons. The maximum absolute atomic E-state index is 9.56. The minimum absolute atomic E-state index is 0. The smallest absolute Gasteiger partial charge is 0.191 e. The van der Waals surface area contributed by atoms with Crippen molar-refractivity contribution in [2.45, 2.75) is 51.9 Å². The second-order valence-corrected chi connectivity index (χ2v) is 8.88. The highest BCUT2D eigenvalue weighted by Gasteiger charge is 2.31. The van der Waals surface area contributed by atoms with E-state index in [2.05, 4.69) is 34.6 Å². The molecule has 1 aliphatic heterocycles. The SMILES string of the molecule is CCNC(=NCC1(CCO)CCCCC1)NCC1CCN(c2ccccc2OC)C1.I. The van der Waals surface area contributed by atoms with Crippen molar-refractivity contribution in [1.29, 1.82) is 0 Å². The van der Waals surface area contributed by atoms with Crippen LogP contribution < -0.4 is 20.3 Å². The predicted octanol–water partition coefficient (Wildman–Crippen LogP) is 4.03. The van der Waals surface area contributed by atoms with Gasteiger partial charge in [-0.05, 0) is 56.1 Å². The fraction of sp³-hybridized carbons (Fsp3) is 0.708. The van der Waals surface area contributed by atoms with Crippen molar-refractivity contribution in [2.24, 2.45) is 16.3 Å². The Labute approximate surface area is 205 Å². The second kappa shape index (κ2) is 13.4. The molecule has 176 valence electrons. The number of aliphatic hydroxyl groups excluding tert-OH is 1. The van der Waals surface area contributed by atoms with Crippen molar-refractivity contribution in [3.05, 3.63) is 24.3 Å². The van der Waals surface area contributed by atoms with E-state index >= 15 is 0 Å². The van der Waals surface area contributed by atoms with E-state index in [0.29, 0.717) is 5.92 Å². The number of guanidine groups is 1. The van der Waals surface area contributed by atoms with Crippen molar-refractivity contribution in [3.8, 4) is 5.75 Å². The lowest BCUT2D eigenvalue weighted by Crippen LogP contribution is -2.41. The zero-order chi connectivity index (χ0) is 21.2. The topological polar surface area (TPSA) is 69.1 Å². The number of aliphatic hydroxyl groups is 1. The van der Waals surface area contributed by atoms with Crippen LogP contribution in [0, 0.1) is 11.3 Å². The van der Waals surface area contributed by atoms with Crippen LogP contribution in [0.3, 0.4) is 0 Å². The maximum Gasteiger partial charge on any atom is 0.191 e. The molecule has 0 aromatic heterocycles. The van der Waals surface area contributed by atoms with Gasteiger partial charge in [0.2, 0.25) is 0 Å². The van der Waals surface area contributed by atoms with Crippen LogP contribution in [0.4, 0.5) is 5.69 Å². The molecular formula is C24H41IN4O2. The summed E-state index contributed by atoms with van der Waals surface area (Å²) in [4.78, 5) is 7.37. The summed E-state index contributed by atoms with van der Waals surface area (Å²) in [6.07, 6.45) is 8.26. The van der Waals surface area contributed by atoms with Gasteiger partial charge < -0.3 is 25.4 Å². The first kappa shape index (κ1) is 26.0. The first-order chi connectivity index (χ1) is 14.7. The van der Waals surface area contributed by atoms with Crippen LogP contribution in [-0.4, -0.2) is 57.5 Å². The van der Waals surface area contributed by atoms with Crippen molar-refractivity contribution in [2.75, 3.05) is 51.3 Å². The summed E-state index contributed by atoms with van der Waals surface area (Å²) < 4.78 is 5.54. The van der Waals surface area contributed by atoms with Crippen molar-refractivity contribution in [1.82, 2.24) is 10.6 Å². The molecule has 0 bridgehead atoms. The first-order valence-corrected chi connectivity index (χ1v) is 11.7. The molecule has 1 unspecified atom stereocenters. The Kier molecular flexibility index (Phi) is 11.2. The number of halogens is 1. The summed E-state index contributed by atoms with van der Waals surface area (Å²) in [5, 5.41) is 16.6. The number of nitrogens with zero attached hydrogens (tertiary/aromatic N) is 2. The lowest BCUT2D eigenvalue weighted by Gasteiger charge is -2.35. The van der Waals surface area contributed by atoms with E-state index in [1.165, 1.54) is 44.2 Å². The molecule has 31 heavy (non-hydrogen) atoms. The molecule has 1 aromatic rings. The Hall–Kier alpha value is -1.22.